The lowest BCUT2D eigenvalue weighted by Gasteiger charge is -2.41. The van der Waals surface area contributed by atoms with Crippen LogP contribution in [0.5, 0.6) is 0 Å². The average molecular weight is 392 g/mol. The first-order valence-electron chi connectivity index (χ1n) is 10.4. The van der Waals surface area contributed by atoms with E-state index in [-0.39, 0.29) is 10.6 Å². The summed E-state index contributed by atoms with van der Waals surface area (Å²) in [5.41, 5.74) is 1.85. The molecule has 0 radical (unpaired) electrons. The summed E-state index contributed by atoms with van der Waals surface area (Å²) in [7, 11) is 1.70. The standard InChI is InChI=1S/C21H33N3O4/c1-16-3-8-21(24(25)26)20(15-16)22-17-9-11-23(12-10-17)18-4-6-19(7-5-18)28-14-13-27-2/h3,8,15,17-19,22H,4-7,9-14H2,1-2H3/t18-,19-. The van der Waals surface area contributed by atoms with Crippen LogP contribution in [0.2, 0.25) is 0 Å². The van der Waals surface area contributed by atoms with Crippen molar-refractivity contribution in [3.8, 4) is 0 Å². The van der Waals surface area contributed by atoms with Crippen molar-refractivity contribution in [1.29, 1.82) is 0 Å². The number of likely N-dealkylation sites (tertiary alicyclic amines) is 1. The molecule has 156 valence electrons. The van der Waals surface area contributed by atoms with Gasteiger partial charge in [0.2, 0.25) is 0 Å². The van der Waals surface area contributed by atoms with Gasteiger partial charge in [0.25, 0.3) is 5.69 Å². The van der Waals surface area contributed by atoms with Gasteiger partial charge in [-0.05, 0) is 57.1 Å². The summed E-state index contributed by atoms with van der Waals surface area (Å²) in [6.07, 6.45) is 7.07. The van der Waals surface area contributed by atoms with Crippen LogP contribution in [0.4, 0.5) is 11.4 Å². The highest BCUT2D eigenvalue weighted by molar-refractivity contribution is 5.63. The third-order valence-corrected chi connectivity index (χ3v) is 6.04. The van der Waals surface area contributed by atoms with Gasteiger partial charge in [0.1, 0.15) is 5.69 Å². The van der Waals surface area contributed by atoms with Gasteiger partial charge in [0.05, 0.1) is 24.2 Å². The summed E-state index contributed by atoms with van der Waals surface area (Å²) in [5.74, 6) is 0. The molecule has 3 rings (SSSR count). The molecule has 1 N–H and O–H groups in total. The third-order valence-electron chi connectivity index (χ3n) is 6.04. The molecule has 2 aliphatic rings. The summed E-state index contributed by atoms with van der Waals surface area (Å²) < 4.78 is 10.9. The van der Waals surface area contributed by atoms with Crippen LogP contribution >= 0.6 is 0 Å². The van der Waals surface area contributed by atoms with E-state index in [4.69, 9.17) is 9.47 Å². The second kappa shape index (κ2) is 10.2. The summed E-state index contributed by atoms with van der Waals surface area (Å²) in [5, 5.41) is 14.7. The molecule has 0 unspecified atom stereocenters. The monoisotopic (exact) mass is 391 g/mol. The Morgan fingerprint density at radius 1 is 1.14 bits per heavy atom. The van der Waals surface area contributed by atoms with E-state index in [1.165, 1.54) is 12.8 Å². The molecule has 0 aromatic heterocycles. The van der Waals surface area contributed by atoms with E-state index in [1.807, 2.05) is 13.0 Å². The van der Waals surface area contributed by atoms with E-state index < -0.39 is 0 Å². The highest BCUT2D eigenvalue weighted by Gasteiger charge is 2.29. The Kier molecular flexibility index (Phi) is 7.65. The van der Waals surface area contributed by atoms with Crippen molar-refractivity contribution in [3.63, 3.8) is 0 Å². The smallest absolute Gasteiger partial charge is 0.292 e. The third kappa shape index (κ3) is 5.65. The Morgan fingerprint density at radius 3 is 2.50 bits per heavy atom. The number of benzene rings is 1. The maximum absolute atomic E-state index is 11.3. The molecule has 7 nitrogen and oxygen atoms in total. The van der Waals surface area contributed by atoms with Crippen LogP contribution in [-0.4, -0.2) is 61.4 Å². The van der Waals surface area contributed by atoms with Gasteiger partial charge < -0.3 is 19.7 Å². The zero-order valence-corrected chi connectivity index (χ0v) is 17.1. The lowest BCUT2D eigenvalue weighted by Crippen LogP contribution is -2.46. The van der Waals surface area contributed by atoms with Gasteiger partial charge in [0.15, 0.2) is 0 Å². The first-order chi connectivity index (χ1) is 13.6. The fraction of sp³-hybridized carbons (Fsp3) is 0.714. The van der Waals surface area contributed by atoms with E-state index in [0.29, 0.717) is 37.1 Å². The van der Waals surface area contributed by atoms with Gasteiger partial charge in [-0.3, -0.25) is 10.1 Å². The van der Waals surface area contributed by atoms with Crippen LogP contribution in [0.1, 0.15) is 44.1 Å². The number of nitrogens with one attached hydrogen (secondary N) is 1. The molecular formula is C21H33N3O4. The molecular weight excluding hydrogens is 358 g/mol. The molecule has 1 aliphatic carbocycles. The zero-order valence-electron chi connectivity index (χ0n) is 17.1. The molecule has 0 amide bonds. The fourth-order valence-electron chi connectivity index (χ4n) is 4.43. The number of nitrogens with zero attached hydrogens (tertiary/aromatic N) is 2. The second-order valence-electron chi connectivity index (χ2n) is 8.03. The maximum atomic E-state index is 11.3. The Labute approximate surface area is 167 Å². The number of nitro groups is 1. The number of ether oxygens (including phenoxy) is 2. The molecule has 1 aromatic rings. The van der Waals surface area contributed by atoms with Crippen molar-refractivity contribution in [3.05, 3.63) is 33.9 Å². The number of methoxy groups -OCH3 is 1. The summed E-state index contributed by atoms with van der Waals surface area (Å²) in [4.78, 5) is 13.6. The molecule has 1 heterocycles. The maximum Gasteiger partial charge on any atom is 0.292 e. The predicted octanol–water partition coefficient (Wildman–Crippen LogP) is 3.75. The van der Waals surface area contributed by atoms with Crippen molar-refractivity contribution in [2.75, 3.05) is 38.7 Å². The van der Waals surface area contributed by atoms with Crippen LogP contribution in [0.3, 0.4) is 0 Å². The minimum absolute atomic E-state index is 0.167. The number of piperidine rings is 1. The Bertz CT molecular complexity index is 639. The highest BCUT2D eigenvalue weighted by Crippen LogP contribution is 2.30. The van der Waals surface area contributed by atoms with Crippen molar-refractivity contribution in [2.45, 2.75) is 63.6 Å². The van der Waals surface area contributed by atoms with Crippen molar-refractivity contribution >= 4 is 11.4 Å². The number of nitro benzene ring substituents is 1. The van der Waals surface area contributed by atoms with Crippen LogP contribution in [0, 0.1) is 17.0 Å². The van der Waals surface area contributed by atoms with Crippen molar-refractivity contribution < 1.29 is 14.4 Å². The summed E-state index contributed by atoms with van der Waals surface area (Å²) in [6.45, 7) is 5.43. The van der Waals surface area contributed by atoms with Gasteiger partial charge in [0, 0.05) is 38.3 Å². The van der Waals surface area contributed by atoms with Gasteiger partial charge in [-0.1, -0.05) is 6.07 Å². The molecule has 1 saturated carbocycles. The molecule has 0 bridgehead atoms. The number of hydrogen-bond donors (Lipinski definition) is 1. The minimum Gasteiger partial charge on any atom is -0.382 e. The van der Waals surface area contributed by atoms with E-state index >= 15 is 0 Å². The molecule has 2 fully saturated rings. The first kappa shape index (κ1) is 21.0. The first-order valence-corrected chi connectivity index (χ1v) is 10.4. The van der Waals surface area contributed by atoms with Crippen LogP contribution < -0.4 is 5.32 Å². The molecule has 1 saturated heterocycles. The van der Waals surface area contributed by atoms with E-state index in [2.05, 4.69) is 10.2 Å². The lowest BCUT2D eigenvalue weighted by molar-refractivity contribution is -0.384. The number of hydrogen-bond acceptors (Lipinski definition) is 6. The van der Waals surface area contributed by atoms with Crippen molar-refractivity contribution in [1.82, 2.24) is 4.90 Å². The molecule has 7 heteroatoms. The molecule has 1 aromatic carbocycles. The largest absolute Gasteiger partial charge is 0.382 e. The van der Waals surface area contributed by atoms with Gasteiger partial charge in [-0.15, -0.1) is 0 Å². The van der Waals surface area contributed by atoms with E-state index in [1.54, 1.807) is 19.2 Å². The Balaban J connectivity index is 1.44. The quantitative estimate of drug-likeness (QED) is 0.413. The predicted molar refractivity (Wildman–Crippen MR) is 110 cm³/mol. The van der Waals surface area contributed by atoms with Gasteiger partial charge in [-0.2, -0.15) is 0 Å². The van der Waals surface area contributed by atoms with Crippen molar-refractivity contribution in [2.24, 2.45) is 0 Å². The van der Waals surface area contributed by atoms with Crippen LogP contribution in [-0.2, 0) is 9.47 Å². The SMILES string of the molecule is COCCO[C@H]1CC[C@H](N2CCC(Nc3cc(C)ccc3[N+](=O)[O-])CC2)CC1. The highest BCUT2D eigenvalue weighted by atomic mass is 16.6. The Morgan fingerprint density at radius 2 is 1.86 bits per heavy atom. The molecule has 0 spiro atoms. The molecule has 1 aliphatic heterocycles. The fourth-order valence-corrected chi connectivity index (χ4v) is 4.43. The van der Waals surface area contributed by atoms with E-state index in [9.17, 15) is 10.1 Å². The van der Waals surface area contributed by atoms with Crippen LogP contribution in [0.15, 0.2) is 18.2 Å². The number of rotatable bonds is 8. The summed E-state index contributed by atoms with van der Waals surface area (Å²) >= 11 is 0. The zero-order chi connectivity index (χ0) is 19.9. The minimum atomic E-state index is -0.302. The number of anilines is 1. The second-order valence-corrected chi connectivity index (χ2v) is 8.03. The van der Waals surface area contributed by atoms with Gasteiger partial charge in [-0.25, -0.2) is 0 Å². The van der Waals surface area contributed by atoms with Crippen LogP contribution in [0.25, 0.3) is 0 Å². The normalized spacial score (nSPS) is 24.2. The van der Waals surface area contributed by atoms with Gasteiger partial charge >= 0.3 is 0 Å². The van der Waals surface area contributed by atoms with E-state index in [0.717, 1.165) is 44.3 Å². The lowest BCUT2D eigenvalue weighted by atomic mass is 9.90. The summed E-state index contributed by atoms with van der Waals surface area (Å²) in [6, 6.07) is 6.22. The Hall–Kier alpha value is -1.70. The topological polar surface area (TPSA) is 76.9 Å². The average Bonchev–Trinajstić information content (AvgIpc) is 2.69. The number of aryl methyl sites for hydroxylation is 1. The molecule has 28 heavy (non-hydrogen) atoms. The molecule has 0 atom stereocenters.